The Hall–Kier alpha value is -2.28. The van der Waals surface area contributed by atoms with E-state index < -0.39 is 5.54 Å². The van der Waals surface area contributed by atoms with Crippen molar-refractivity contribution >= 4 is 11.9 Å². The zero-order valence-electron chi connectivity index (χ0n) is 16.7. The summed E-state index contributed by atoms with van der Waals surface area (Å²) in [6.45, 7) is 1.18. The van der Waals surface area contributed by atoms with Gasteiger partial charge in [-0.25, -0.2) is 9.69 Å². The number of carbonyl (C=O) groups excluding carboxylic acids is 2. The third-order valence-corrected chi connectivity index (χ3v) is 6.44. The summed E-state index contributed by atoms with van der Waals surface area (Å²) in [6, 6.07) is 5.70. The molecule has 2 saturated heterocycles. The predicted molar refractivity (Wildman–Crippen MR) is 104 cm³/mol. The molecule has 7 nitrogen and oxygen atoms in total. The van der Waals surface area contributed by atoms with E-state index in [1.807, 2.05) is 18.2 Å². The van der Waals surface area contributed by atoms with Crippen LogP contribution < -0.4 is 14.8 Å². The van der Waals surface area contributed by atoms with Crippen molar-refractivity contribution in [2.45, 2.75) is 56.5 Å². The van der Waals surface area contributed by atoms with Crippen LogP contribution in [0.4, 0.5) is 4.79 Å². The Bertz CT molecular complexity index is 760. The van der Waals surface area contributed by atoms with Crippen LogP contribution in [0.25, 0.3) is 0 Å². The van der Waals surface area contributed by atoms with Gasteiger partial charge >= 0.3 is 6.03 Å². The first-order valence-electron chi connectivity index (χ1n) is 10.2. The first kappa shape index (κ1) is 19.1. The van der Waals surface area contributed by atoms with Crippen molar-refractivity contribution in [2.75, 3.05) is 27.4 Å². The summed E-state index contributed by atoms with van der Waals surface area (Å²) in [4.78, 5) is 29.4. The SMILES string of the molecule is COc1ccc(C2CCCN2CN2C(=O)NC3(CCCCC3)C2=O)c(OC)c1. The molecule has 2 heterocycles. The van der Waals surface area contributed by atoms with Gasteiger partial charge in [0.25, 0.3) is 5.91 Å². The molecule has 28 heavy (non-hydrogen) atoms. The van der Waals surface area contributed by atoms with E-state index >= 15 is 0 Å². The molecule has 1 aliphatic carbocycles. The summed E-state index contributed by atoms with van der Waals surface area (Å²) in [6.07, 6.45) is 6.63. The largest absolute Gasteiger partial charge is 0.497 e. The van der Waals surface area contributed by atoms with Crippen LogP contribution in [-0.4, -0.2) is 54.7 Å². The van der Waals surface area contributed by atoms with Gasteiger partial charge < -0.3 is 14.8 Å². The third kappa shape index (κ3) is 3.21. The van der Waals surface area contributed by atoms with Gasteiger partial charge in [-0.3, -0.25) is 9.69 Å². The second-order valence-corrected chi connectivity index (χ2v) is 8.03. The summed E-state index contributed by atoms with van der Waals surface area (Å²) < 4.78 is 10.9. The number of urea groups is 1. The van der Waals surface area contributed by atoms with E-state index in [4.69, 9.17) is 9.47 Å². The van der Waals surface area contributed by atoms with Crippen molar-refractivity contribution in [3.05, 3.63) is 23.8 Å². The highest BCUT2D eigenvalue weighted by molar-refractivity contribution is 6.07. The number of likely N-dealkylation sites (tertiary alicyclic amines) is 1. The zero-order chi connectivity index (χ0) is 19.7. The Labute approximate surface area is 166 Å². The van der Waals surface area contributed by atoms with Crippen LogP contribution in [0.2, 0.25) is 0 Å². The van der Waals surface area contributed by atoms with Crippen molar-refractivity contribution in [3.63, 3.8) is 0 Å². The van der Waals surface area contributed by atoms with Crippen molar-refractivity contribution in [3.8, 4) is 11.5 Å². The number of carbonyl (C=O) groups is 2. The highest BCUT2D eigenvalue weighted by Crippen LogP contribution is 2.40. The number of rotatable bonds is 5. The van der Waals surface area contributed by atoms with Crippen LogP contribution in [0.5, 0.6) is 11.5 Å². The maximum Gasteiger partial charge on any atom is 0.326 e. The molecule has 1 spiro atoms. The van der Waals surface area contributed by atoms with E-state index in [1.165, 1.54) is 4.90 Å². The molecule has 3 aliphatic rings. The van der Waals surface area contributed by atoms with Gasteiger partial charge in [-0.1, -0.05) is 25.3 Å². The molecule has 0 bridgehead atoms. The molecule has 2 aliphatic heterocycles. The Kier molecular flexibility index (Phi) is 5.19. The molecule has 1 unspecified atom stereocenters. The monoisotopic (exact) mass is 387 g/mol. The van der Waals surface area contributed by atoms with E-state index in [-0.39, 0.29) is 18.0 Å². The molecule has 1 N–H and O–H groups in total. The van der Waals surface area contributed by atoms with Crippen molar-refractivity contribution < 1.29 is 19.1 Å². The number of nitrogens with one attached hydrogen (secondary N) is 1. The second kappa shape index (κ2) is 7.62. The minimum atomic E-state index is -0.664. The number of amides is 3. The lowest BCUT2D eigenvalue weighted by Crippen LogP contribution is -2.49. The summed E-state index contributed by atoms with van der Waals surface area (Å²) in [5.41, 5.74) is 0.405. The molecular weight excluding hydrogens is 358 g/mol. The summed E-state index contributed by atoms with van der Waals surface area (Å²) in [5.74, 6) is 1.47. The van der Waals surface area contributed by atoms with Gasteiger partial charge in [-0.05, 0) is 31.7 Å². The smallest absolute Gasteiger partial charge is 0.326 e. The topological polar surface area (TPSA) is 71.1 Å². The molecule has 3 amide bonds. The number of ether oxygens (including phenoxy) is 2. The fourth-order valence-electron chi connectivity index (χ4n) is 4.92. The molecular formula is C21H29N3O4. The van der Waals surface area contributed by atoms with Gasteiger partial charge in [0, 0.05) is 24.2 Å². The fraction of sp³-hybridized carbons (Fsp3) is 0.619. The Balaban J connectivity index is 1.53. The lowest BCUT2D eigenvalue weighted by atomic mass is 9.82. The van der Waals surface area contributed by atoms with Crippen LogP contribution in [0.15, 0.2) is 18.2 Å². The maximum atomic E-state index is 13.1. The van der Waals surface area contributed by atoms with E-state index in [1.54, 1.807) is 14.2 Å². The molecule has 1 atom stereocenters. The summed E-state index contributed by atoms with van der Waals surface area (Å²) in [5, 5.41) is 3.00. The van der Waals surface area contributed by atoms with Crippen LogP contribution in [0.3, 0.4) is 0 Å². The molecule has 1 aromatic rings. The standard InChI is InChI=1S/C21H29N3O4/c1-27-15-8-9-16(18(13-15)28-2)17-7-6-12-23(17)14-24-19(25)21(22-20(24)26)10-4-3-5-11-21/h8-9,13,17H,3-7,10-12,14H2,1-2H3,(H,22,26). The van der Waals surface area contributed by atoms with Crippen molar-refractivity contribution in [1.82, 2.24) is 15.1 Å². The quantitative estimate of drug-likeness (QED) is 0.787. The Morgan fingerprint density at radius 2 is 1.89 bits per heavy atom. The summed E-state index contributed by atoms with van der Waals surface area (Å²) in [7, 11) is 3.29. The van der Waals surface area contributed by atoms with E-state index in [0.717, 1.165) is 68.6 Å². The molecule has 4 rings (SSSR count). The van der Waals surface area contributed by atoms with Gasteiger partial charge in [0.2, 0.25) is 0 Å². The van der Waals surface area contributed by atoms with Crippen LogP contribution in [0, 0.1) is 0 Å². The summed E-state index contributed by atoms with van der Waals surface area (Å²) >= 11 is 0. The molecule has 3 fully saturated rings. The first-order valence-corrected chi connectivity index (χ1v) is 10.2. The number of nitrogens with zero attached hydrogens (tertiary/aromatic N) is 2. The third-order valence-electron chi connectivity index (χ3n) is 6.44. The Morgan fingerprint density at radius 3 is 2.61 bits per heavy atom. The normalized spacial score (nSPS) is 24.6. The number of hydrogen-bond donors (Lipinski definition) is 1. The first-order chi connectivity index (χ1) is 13.6. The predicted octanol–water partition coefficient (Wildman–Crippen LogP) is 3.05. The number of hydrogen-bond acceptors (Lipinski definition) is 5. The minimum Gasteiger partial charge on any atom is -0.497 e. The van der Waals surface area contributed by atoms with Gasteiger partial charge in [-0.2, -0.15) is 0 Å². The molecule has 7 heteroatoms. The molecule has 152 valence electrons. The molecule has 0 radical (unpaired) electrons. The minimum absolute atomic E-state index is 0.0513. The molecule has 1 saturated carbocycles. The zero-order valence-corrected chi connectivity index (χ0v) is 16.7. The lowest BCUT2D eigenvalue weighted by Gasteiger charge is -2.32. The van der Waals surface area contributed by atoms with Gasteiger partial charge in [-0.15, -0.1) is 0 Å². The second-order valence-electron chi connectivity index (χ2n) is 8.03. The number of benzene rings is 1. The fourth-order valence-corrected chi connectivity index (χ4v) is 4.92. The van der Waals surface area contributed by atoms with Crippen molar-refractivity contribution in [2.24, 2.45) is 0 Å². The van der Waals surface area contributed by atoms with Crippen LogP contribution >= 0.6 is 0 Å². The highest BCUT2D eigenvalue weighted by atomic mass is 16.5. The lowest BCUT2D eigenvalue weighted by molar-refractivity contribution is -0.134. The maximum absolute atomic E-state index is 13.1. The van der Waals surface area contributed by atoms with Gasteiger partial charge in [0.05, 0.1) is 20.9 Å². The average molecular weight is 387 g/mol. The van der Waals surface area contributed by atoms with Crippen LogP contribution in [-0.2, 0) is 4.79 Å². The molecule has 1 aromatic carbocycles. The number of methoxy groups -OCH3 is 2. The van der Waals surface area contributed by atoms with E-state index in [2.05, 4.69) is 10.2 Å². The number of imide groups is 1. The van der Waals surface area contributed by atoms with E-state index in [0.29, 0.717) is 6.67 Å². The van der Waals surface area contributed by atoms with E-state index in [9.17, 15) is 9.59 Å². The highest BCUT2D eigenvalue weighted by Gasteiger charge is 2.52. The van der Waals surface area contributed by atoms with Gasteiger partial charge in [0.1, 0.15) is 17.0 Å². The average Bonchev–Trinajstić information content (AvgIpc) is 3.27. The molecule has 0 aromatic heterocycles. The Morgan fingerprint density at radius 1 is 1.11 bits per heavy atom. The van der Waals surface area contributed by atoms with Crippen LogP contribution in [0.1, 0.15) is 56.6 Å². The van der Waals surface area contributed by atoms with Gasteiger partial charge in [0.15, 0.2) is 0 Å². The van der Waals surface area contributed by atoms with Crippen molar-refractivity contribution in [1.29, 1.82) is 0 Å².